The number of carbonyl (C=O) groups excluding carboxylic acids is 5. The van der Waals surface area contributed by atoms with Crippen LogP contribution in [0.5, 0.6) is 5.75 Å². The lowest BCUT2D eigenvalue weighted by molar-refractivity contribution is -0.164. The summed E-state index contributed by atoms with van der Waals surface area (Å²) in [4.78, 5) is 71.3. The van der Waals surface area contributed by atoms with Gasteiger partial charge in [-0.15, -0.1) is 0 Å². The van der Waals surface area contributed by atoms with Gasteiger partial charge in [-0.1, -0.05) is 39.3 Å². The van der Waals surface area contributed by atoms with Gasteiger partial charge in [0, 0.05) is 106 Å². The summed E-state index contributed by atoms with van der Waals surface area (Å²) in [6.07, 6.45) is 1.12. The zero-order valence-corrected chi connectivity index (χ0v) is 35.5. The minimum atomic E-state index is -2.91. The number of alkyl halides is 1. The number of carbonyl (C=O) groups is 5. The van der Waals surface area contributed by atoms with Crippen molar-refractivity contribution in [2.45, 2.75) is 71.3 Å². The van der Waals surface area contributed by atoms with E-state index in [1.807, 2.05) is 54.8 Å². The average molecular weight is 842 g/mol. The molecule has 8 rings (SSSR count). The molecule has 60 heavy (non-hydrogen) atoms. The van der Waals surface area contributed by atoms with Gasteiger partial charge < -0.3 is 25.2 Å². The van der Waals surface area contributed by atoms with Gasteiger partial charge in [-0.2, -0.15) is 0 Å². The molecule has 0 radical (unpaired) electrons. The van der Waals surface area contributed by atoms with Crippen LogP contribution in [0.3, 0.4) is 0 Å². The second-order valence-corrected chi connectivity index (χ2v) is 18.4. The van der Waals surface area contributed by atoms with Crippen LogP contribution in [0.15, 0.2) is 60.7 Å². The van der Waals surface area contributed by atoms with E-state index in [-0.39, 0.29) is 46.4 Å². The van der Waals surface area contributed by atoms with Gasteiger partial charge in [-0.3, -0.25) is 34.2 Å². The van der Waals surface area contributed by atoms with Crippen molar-refractivity contribution in [2.75, 3.05) is 68.0 Å². The first-order valence-electron chi connectivity index (χ1n) is 20.8. The van der Waals surface area contributed by atoms with E-state index in [0.717, 1.165) is 75.7 Å². The number of halogens is 2. The second kappa shape index (κ2) is 15.7. The molecule has 3 aromatic carbocycles. The Labute approximate surface area is 354 Å². The van der Waals surface area contributed by atoms with Crippen molar-refractivity contribution in [3.05, 3.63) is 82.4 Å². The Hall–Kier alpha value is -5.21. The van der Waals surface area contributed by atoms with E-state index in [1.54, 1.807) is 12.1 Å². The van der Waals surface area contributed by atoms with Crippen molar-refractivity contribution in [3.8, 4) is 5.75 Å². The van der Waals surface area contributed by atoms with Crippen LogP contribution < -0.4 is 30.5 Å². The van der Waals surface area contributed by atoms with Crippen molar-refractivity contribution in [1.82, 2.24) is 20.4 Å². The monoisotopic (exact) mass is 841 g/mol. The van der Waals surface area contributed by atoms with Gasteiger partial charge in [0.1, 0.15) is 11.9 Å². The number of benzene rings is 3. The van der Waals surface area contributed by atoms with Crippen LogP contribution in [0.1, 0.15) is 84.5 Å². The molecular formula is C45H53ClFN7O6. The standard InChI is InChI=1S/C45H53ClFN7O6/c1-43(2)40(44(3,4)41(43)60-31-11-13-35(48-5)34(46)25-31)50-37(56)28-6-8-29(9-7-28)52-18-15-27(16-19-52)26-51-20-22-53(23-21-51)30-10-12-32-33(24-30)39(58)54(38(32)57)45(47)17-14-36(55)49-42(45)59/h6-13,24-25,27,40-41,48H,14-23,26H2,1-5H3,(H,50,56)(H,49,55,59)/t40-,41-,45?. The molecule has 3 aromatic rings. The summed E-state index contributed by atoms with van der Waals surface area (Å²) in [6, 6.07) is 18.3. The number of rotatable bonds is 10. The lowest BCUT2D eigenvalue weighted by atomic mass is 9.49. The van der Waals surface area contributed by atoms with Crippen LogP contribution in [0.25, 0.3) is 0 Å². The lowest BCUT2D eigenvalue weighted by Gasteiger charge is -2.63. The highest BCUT2D eigenvalue weighted by Gasteiger charge is 2.64. The molecule has 5 aliphatic rings. The molecule has 1 aliphatic carbocycles. The van der Waals surface area contributed by atoms with Crippen LogP contribution in [0.2, 0.25) is 5.02 Å². The quantitative estimate of drug-likeness (QED) is 0.171. The fourth-order valence-electron chi connectivity index (χ4n) is 10.3. The predicted molar refractivity (Wildman–Crippen MR) is 227 cm³/mol. The number of imide groups is 2. The van der Waals surface area contributed by atoms with Crippen LogP contribution in [-0.4, -0.2) is 110 Å². The summed E-state index contributed by atoms with van der Waals surface area (Å²) in [5.41, 5.74) is 2.81. The average Bonchev–Trinajstić information content (AvgIpc) is 3.49. The van der Waals surface area contributed by atoms with Gasteiger partial charge >= 0.3 is 0 Å². The minimum Gasteiger partial charge on any atom is -0.489 e. The molecule has 5 amide bonds. The summed E-state index contributed by atoms with van der Waals surface area (Å²) < 4.78 is 22.3. The third kappa shape index (κ3) is 7.35. The molecule has 3 saturated heterocycles. The number of fused-ring (bicyclic) bond motifs is 1. The van der Waals surface area contributed by atoms with Crippen LogP contribution >= 0.6 is 11.6 Å². The van der Waals surface area contributed by atoms with Crippen LogP contribution in [0, 0.1) is 16.7 Å². The molecule has 0 aromatic heterocycles. The van der Waals surface area contributed by atoms with Gasteiger partial charge in [0.05, 0.1) is 21.8 Å². The maximum atomic E-state index is 15.8. The number of piperidine rings is 2. The van der Waals surface area contributed by atoms with E-state index in [1.165, 1.54) is 6.07 Å². The topological polar surface area (TPSA) is 144 Å². The Bertz CT molecular complexity index is 2200. The zero-order valence-electron chi connectivity index (χ0n) is 34.8. The van der Waals surface area contributed by atoms with E-state index in [2.05, 4.69) is 53.0 Å². The normalized spacial score (nSPS) is 25.4. The van der Waals surface area contributed by atoms with E-state index in [9.17, 15) is 24.0 Å². The van der Waals surface area contributed by atoms with Gasteiger partial charge in [0.2, 0.25) is 5.91 Å². The summed E-state index contributed by atoms with van der Waals surface area (Å²) in [5.74, 6) is -5.42. The Morgan fingerprint density at radius 1 is 0.833 bits per heavy atom. The van der Waals surface area contributed by atoms with Gasteiger partial charge in [0.15, 0.2) is 0 Å². The van der Waals surface area contributed by atoms with Crippen LogP contribution in [0.4, 0.5) is 21.5 Å². The van der Waals surface area contributed by atoms with Gasteiger partial charge in [-0.05, 0) is 73.4 Å². The van der Waals surface area contributed by atoms with Crippen molar-refractivity contribution in [2.24, 2.45) is 16.7 Å². The third-order valence-corrected chi connectivity index (χ3v) is 13.8. The number of nitrogens with zero attached hydrogens (tertiary/aromatic N) is 4. The van der Waals surface area contributed by atoms with E-state index >= 15 is 4.39 Å². The highest BCUT2D eigenvalue weighted by Crippen LogP contribution is 2.55. The molecule has 0 spiro atoms. The molecule has 4 fully saturated rings. The van der Waals surface area contributed by atoms with E-state index in [4.69, 9.17) is 16.3 Å². The number of amides is 5. The summed E-state index contributed by atoms with van der Waals surface area (Å²) >= 11 is 6.41. The number of hydrogen-bond acceptors (Lipinski definition) is 10. The smallest absolute Gasteiger partial charge is 0.285 e. The minimum absolute atomic E-state index is 0.0498. The maximum Gasteiger partial charge on any atom is 0.285 e. The molecule has 4 aliphatic heterocycles. The molecule has 15 heteroatoms. The third-order valence-electron chi connectivity index (χ3n) is 13.5. The number of piperazine rings is 1. The van der Waals surface area contributed by atoms with E-state index in [0.29, 0.717) is 27.2 Å². The number of hydrogen-bond donors (Lipinski definition) is 3. The molecule has 318 valence electrons. The molecular weight excluding hydrogens is 789 g/mol. The van der Waals surface area contributed by atoms with Crippen molar-refractivity contribution in [1.29, 1.82) is 0 Å². The molecule has 1 unspecified atom stereocenters. The Kier molecular flexibility index (Phi) is 10.8. The SMILES string of the molecule is CNc1ccc(O[C@H]2C(C)(C)[C@H](NC(=O)c3ccc(N4CCC(CN5CCN(c6ccc7c(c6)C(=O)N(C6(F)CCC(=O)NC6=O)C7=O)CC5)CC4)cc3)C2(C)C)cc1Cl. The highest BCUT2D eigenvalue weighted by atomic mass is 35.5. The molecule has 13 nitrogen and oxygen atoms in total. The van der Waals surface area contributed by atoms with Crippen molar-refractivity contribution >= 4 is 58.2 Å². The van der Waals surface area contributed by atoms with Gasteiger partial charge in [-0.25, -0.2) is 9.29 Å². The molecule has 1 atom stereocenters. The molecule has 3 N–H and O–H groups in total. The summed E-state index contributed by atoms with van der Waals surface area (Å²) in [5, 5.41) is 8.88. The zero-order chi connectivity index (χ0) is 42.7. The van der Waals surface area contributed by atoms with E-state index < -0.39 is 35.8 Å². The number of ether oxygens (including phenoxy) is 1. The Morgan fingerprint density at radius 3 is 2.10 bits per heavy atom. The fourth-order valence-corrected chi connectivity index (χ4v) is 10.6. The molecule has 0 bridgehead atoms. The van der Waals surface area contributed by atoms with Gasteiger partial charge in [0.25, 0.3) is 29.4 Å². The lowest BCUT2D eigenvalue weighted by Crippen LogP contribution is -2.74. The molecule has 1 saturated carbocycles. The van der Waals surface area contributed by atoms with Crippen molar-refractivity contribution < 1.29 is 33.1 Å². The number of anilines is 3. The summed E-state index contributed by atoms with van der Waals surface area (Å²) in [6.45, 7) is 14.5. The largest absolute Gasteiger partial charge is 0.489 e. The van der Waals surface area contributed by atoms with Crippen molar-refractivity contribution in [3.63, 3.8) is 0 Å². The predicted octanol–water partition coefficient (Wildman–Crippen LogP) is 5.73. The maximum absolute atomic E-state index is 15.8. The first-order valence-corrected chi connectivity index (χ1v) is 21.2. The fraction of sp³-hybridized carbons (Fsp3) is 0.489. The second-order valence-electron chi connectivity index (χ2n) is 18.0. The highest BCUT2D eigenvalue weighted by molar-refractivity contribution is 6.33. The van der Waals surface area contributed by atoms with Crippen LogP contribution in [-0.2, 0) is 9.59 Å². The first-order chi connectivity index (χ1) is 28.5. The Morgan fingerprint density at radius 2 is 1.47 bits per heavy atom. The molecule has 4 heterocycles. The first kappa shape index (κ1) is 41.5. The summed E-state index contributed by atoms with van der Waals surface area (Å²) in [7, 11) is 1.83. The number of nitrogens with one attached hydrogen (secondary N) is 3. The Balaban J connectivity index is 0.793.